The van der Waals surface area contributed by atoms with Gasteiger partial charge in [0.1, 0.15) is 0 Å². The van der Waals surface area contributed by atoms with Gasteiger partial charge in [0, 0.05) is 11.9 Å². The van der Waals surface area contributed by atoms with E-state index in [0.717, 1.165) is 40.6 Å². The molecule has 2 heterocycles. The van der Waals surface area contributed by atoms with Gasteiger partial charge in [-0.3, -0.25) is 4.79 Å². The van der Waals surface area contributed by atoms with E-state index < -0.39 is 0 Å². The lowest BCUT2D eigenvalue weighted by Crippen LogP contribution is -2.38. The number of nitrogens with zero attached hydrogens (tertiary/aromatic N) is 3. The van der Waals surface area contributed by atoms with Crippen LogP contribution in [0.3, 0.4) is 0 Å². The van der Waals surface area contributed by atoms with Crippen molar-refractivity contribution in [2.75, 3.05) is 27.2 Å². The van der Waals surface area contributed by atoms with Crippen molar-refractivity contribution in [2.24, 2.45) is 0 Å². The molecule has 6 heteroatoms. The fourth-order valence-corrected chi connectivity index (χ4v) is 4.72. The van der Waals surface area contributed by atoms with E-state index in [2.05, 4.69) is 48.2 Å². The Morgan fingerprint density at radius 1 is 0.939 bits per heavy atom. The maximum absolute atomic E-state index is 13.7. The first kappa shape index (κ1) is 23.0. The number of rotatable bonds is 10. The zero-order valence-electron chi connectivity index (χ0n) is 19.1. The molecule has 33 heavy (non-hydrogen) atoms. The first-order valence-corrected chi connectivity index (χ1v) is 12.0. The zero-order valence-corrected chi connectivity index (χ0v) is 19.9. The second kappa shape index (κ2) is 11.1. The number of aromatic nitrogens is 1. The van der Waals surface area contributed by atoms with Gasteiger partial charge < -0.3 is 14.2 Å². The van der Waals surface area contributed by atoms with E-state index in [1.807, 2.05) is 58.8 Å². The summed E-state index contributed by atoms with van der Waals surface area (Å²) < 4.78 is 5.46. The Bertz CT molecular complexity index is 1090. The predicted octanol–water partition coefficient (Wildman–Crippen LogP) is 5.52. The molecular formula is C27H29N3O2S. The number of furan rings is 1. The lowest BCUT2D eigenvalue weighted by atomic mass is 9.96. The summed E-state index contributed by atoms with van der Waals surface area (Å²) in [5, 5.41) is 2.75. The molecule has 0 unspecified atom stereocenters. The van der Waals surface area contributed by atoms with Crippen LogP contribution in [0.5, 0.6) is 0 Å². The van der Waals surface area contributed by atoms with E-state index in [4.69, 9.17) is 4.42 Å². The third-order valence-corrected chi connectivity index (χ3v) is 6.39. The van der Waals surface area contributed by atoms with Crippen LogP contribution >= 0.6 is 11.3 Å². The lowest BCUT2D eigenvalue weighted by Gasteiger charge is -2.33. The average molecular weight is 460 g/mol. The lowest BCUT2D eigenvalue weighted by molar-refractivity contribution is -0.132. The van der Waals surface area contributed by atoms with Crippen LogP contribution in [0, 0.1) is 0 Å². The van der Waals surface area contributed by atoms with Gasteiger partial charge in [-0.15, -0.1) is 11.3 Å². The van der Waals surface area contributed by atoms with E-state index in [9.17, 15) is 4.79 Å². The highest BCUT2D eigenvalue weighted by atomic mass is 32.1. The Kier molecular flexibility index (Phi) is 7.70. The number of thiazole rings is 1. The first-order valence-electron chi connectivity index (χ1n) is 11.1. The van der Waals surface area contributed by atoms with E-state index in [1.165, 1.54) is 11.3 Å². The first-order chi connectivity index (χ1) is 16.1. The molecule has 0 aliphatic heterocycles. The molecule has 0 bridgehead atoms. The molecule has 5 nitrogen and oxygen atoms in total. The van der Waals surface area contributed by atoms with E-state index in [0.29, 0.717) is 6.54 Å². The summed E-state index contributed by atoms with van der Waals surface area (Å²) in [4.78, 5) is 22.5. The van der Waals surface area contributed by atoms with Crippen molar-refractivity contribution in [3.63, 3.8) is 0 Å². The molecule has 0 N–H and O–H groups in total. The van der Waals surface area contributed by atoms with Crippen LogP contribution < -0.4 is 0 Å². The number of hydrogen-bond donors (Lipinski definition) is 0. The van der Waals surface area contributed by atoms with Gasteiger partial charge in [0.15, 0.2) is 10.8 Å². The van der Waals surface area contributed by atoms with Crippen LogP contribution in [0.2, 0.25) is 0 Å². The molecule has 1 amide bonds. The van der Waals surface area contributed by atoms with Gasteiger partial charge >= 0.3 is 0 Å². The number of carbonyl (C=O) groups is 1. The van der Waals surface area contributed by atoms with Crippen LogP contribution in [0.4, 0.5) is 0 Å². The van der Waals surface area contributed by atoms with Gasteiger partial charge in [0.2, 0.25) is 5.91 Å². The monoisotopic (exact) mass is 459 g/mol. The van der Waals surface area contributed by atoms with Gasteiger partial charge in [-0.25, -0.2) is 4.98 Å². The average Bonchev–Trinajstić information content (AvgIpc) is 3.52. The smallest absolute Gasteiger partial charge is 0.229 e. The molecule has 0 atom stereocenters. The van der Waals surface area contributed by atoms with E-state index >= 15 is 0 Å². The highest BCUT2D eigenvalue weighted by Crippen LogP contribution is 2.30. The zero-order chi connectivity index (χ0) is 23.0. The normalized spacial score (nSPS) is 11.3. The molecule has 0 saturated heterocycles. The van der Waals surface area contributed by atoms with Gasteiger partial charge in [-0.05, 0) is 50.3 Å². The van der Waals surface area contributed by atoms with Crippen molar-refractivity contribution < 1.29 is 9.21 Å². The molecule has 0 radical (unpaired) electrons. The molecule has 0 aliphatic rings. The molecule has 0 fully saturated rings. The third kappa shape index (κ3) is 5.97. The molecule has 0 spiro atoms. The molecule has 4 aromatic rings. The molecule has 0 saturated carbocycles. The van der Waals surface area contributed by atoms with Crippen LogP contribution in [0.15, 0.2) is 88.9 Å². The van der Waals surface area contributed by atoms with Crippen LogP contribution in [0.1, 0.15) is 29.3 Å². The molecule has 2 aromatic heterocycles. The maximum atomic E-state index is 13.7. The number of benzene rings is 2. The highest BCUT2D eigenvalue weighted by molar-refractivity contribution is 7.13. The van der Waals surface area contributed by atoms with Gasteiger partial charge in [-0.2, -0.15) is 0 Å². The summed E-state index contributed by atoms with van der Waals surface area (Å²) >= 11 is 1.50. The number of carbonyl (C=O) groups excluding carboxylic acids is 1. The predicted molar refractivity (Wildman–Crippen MR) is 133 cm³/mol. The van der Waals surface area contributed by atoms with Gasteiger partial charge in [-0.1, -0.05) is 60.7 Å². The van der Waals surface area contributed by atoms with Crippen LogP contribution in [0.25, 0.3) is 10.8 Å². The SMILES string of the molecule is CN(C)CCCN(C(=O)Cc1csc(-c2ccco2)n1)C(c1ccccc1)c1ccccc1. The Balaban J connectivity index is 1.63. The van der Waals surface area contributed by atoms with Crippen LogP contribution in [-0.4, -0.2) is 47.9 Å². The standard InChI is InChI=1S/C27H29N3O2S/c1-29(2)16-10-17-30(25(31)19-23-20-33-27(28-23)24-15-9-18-32-24)26(21-11-5-3-6-12-21)22-13-7-4-8-14-22/h3-9,11-15,18,20,26H,10,16-17,19H2,1-2H3. The minimum Gasteiger partial charge on any atom is -0.462 e. The molecular weight excluding hydrogens is 430 g/mol. The number of amides is 1. The topological polar surface area (TPSA) is 49.6 Å². The van der Waals surface area contributed by atoms with Crippen molar-refractivity contribution in [3.8, 4) is 10.8 Å². The second-order valence-electron chi connectivity index (χ2n) is 8.27. The molecule has 2 aromatic carbocycles. The maximum Gasteiger partial charge on any atom is 0.229 e. The third-order valence-electron chi connectivity index (χ3n) is 5.48. The Morgan fingerprint density at radius 2 is 1.61 bits per heavy atom. The van der Waals surface area contributed by atoms with Crippen LogP contribution in [-0.2, 0) is 11.2 Å². The van der Waals surface area contributed by atoms with Crippen molar-refractivity contribution >= 4 is 17.2 Å². The van der Waals surface area contributed by atoms with Crippen molar-refractivity contribution in [1.29, 1.82) is 0 Å². The summed E-state index contributed by atoms with van der Waals surface area (Å²) in [5.74, 6) is 0.802. The summed E-state index contributed by atoms with van der Waals surface area (Å²) in [6.07, 6.45) is 2.79. The number of hydrogen-bond acceptors (Lipinski definition) is 5. The molecule has 0 aliphatic carbocycles. The minimum atomic E-state index is -0.148. The van der Waals surface area contributed by atoms with Crippen molar-refractivity contribution in [1.82, 2.24) is 14.8 Å². The Labute approximate surface area is 199 Å². The molecule has 170 valence electrons. The highest BCUT2D eigenvalue weighted by Gasteiger charge is 2.27. The fraction of sp³-hybridized carbons (Fsp3) is 0.259. The summed E-state index contributed by atoms with van der Waals surface area (Å²) in [6.45, 7) is 1.58. The van der Waals surface area contributed by atoms with Crippen molar-refractivity contribution in [2.45, 2.75) is 18.9 Å². The van der Waals surface area contributed by atoms with Gasteiger partial charge in [0.05, 0.1) is 24.4 Å². The molecule has 4 rings (SSSR count). The quantitative estimate of drug-likeness (QED) is 0.314. The van der Waals surface area contributed by atoms with E-state index in [-0.39, 0.29) is 18.4 Å². The largest absolute Gasteiger partial charge is 0.462 e. The Hall–Kier alpha value is -3.22. The second-order valence-corrected chi connectivity index (χ2v) is 9.12. The van der Waals surface area contributed by atoms with Gasteiger partial charge in [0.25, 0.3) is 0 Å². The fourth-order valence-electron chi connectivity index (χ4n) is 3.94. The van der Waals surface area contributed by atoms with E-state index in [1.54, 1.807) is 6.26 Å². The Morgan fingerprint density at radius 3 is 2.18 bits per heavy atom. The summed E-state index contributed by atoms with van der Waals surface area (Å²) in [5.41, 5.74) is 2.99. The minimum absolute atomic E-state index is 0.0720. The van der Waals surface area contributed by atoms with Crippen molar-refractivity contribution in [3.05, 3.63) is 101 Å². The summed E-state index contributed by atoms with van der Waals surface area (Å²) in [6, 6.07) is 24.1. The summed E-state index contributed by atoms with van der Waals surface area (Å²) in [7, 11) is 4.12.